The summed E-state index contributed by atoms with van der Waals surface area (Å²) in [6.07, 6.45) is 4.59. The molecule has 0 rings (SSSR count). The van der Waals surface area contributed by atoms with Crippen LogP contribution in [0.5, 0.6) is 0 Å². The van der Waals surface area contributed by atoms with Crippen molar-refractivity contribution >= 4 is 42.1 Å². The fourth-order valence-corrected chi connectivity index (χ4v) is 1.25. The fourth-order valence-electron chi connectivity index (χ4n) is 0.389. The van der Waals surface area contributed by atoms with Crippen molar-refractivity contribution in [2.24, 2.45) is 0 Å². The summed E-state index contributed by atoms with van der Waals surface area (Å²) in [5.74, 6) is 0. The minimum atomic E-state index is 0.493. The van der Waals surface area contributed by atoms with Crippen LogP contribution in [0.25, 0.3) is 0 Å². The summed E-state index contributed by atoms with van der Waals surface area (Å²) < 4.78 is 0.493. The summed E-state index contributed by atoms with van der Waals surface area (Å²) in [7, 11) is 1.19. The van der Waals surface area contributed by atoms with Gasteiger partial charge in [0.15, 0.2) is 0 Å². The Balaban J connectivity index is 2.93. The molecule has 0 saturated heterocycles. The molecule has 0 aliphatic carbocycles. The highest BCUT2D eigenvalue weighted by Crippen LogP contribution is 2.14. The number of rotatable bonds is 3. The van der Waals surface area contributed by atoms with Gasteiger partial charge >= 0.3 is 0 Å². The summed E-state index contributed by atoms with van der Waals surface area (Å²) in [5, 5.41) is 0. The van der Waals surface area contributed by atoms with Gasteiger partial charge in [-0.25, -0.2) is 0 Å². The molecule has 0 spiro atoms. The van der Waals surface area contributed by atoms with Crippen LogP contribution in [0.2, 0.25) is 0 Å². The normalized spacial score (nSPS) is 11.9. The Labute approximate surface area is 70.4 Å². The highest BCUT2D eigenvalue weighted by molar-refractivity contribution is 9.24. The van der Waals surface area contributed by atoms with E-state index in [-0.39, 0.29) is 0 Å². The van der Waals surface area contributed by atoms with Crippen molar-refractivity contribution in [2.45, 2.75) is 16.6 Å². The molecule has 8 heavy (non-hydrogen) atoms. The van der Waals surface area contributed by atoms with E-state index in [1.807, 2.05) is 0 Å². The number of alkyl halides is 2. The van der Waals surface area contributed by atoms with Crippen molar-refractivity contribution in [3.05, 3.63) is 11.8 Å². The van der Waals surface area contributed by atoms with Gasteiger partial charge in [-0.15, -0.1) is 5.70 Å². The van der Waals surface area contributed by atoms with Crippen LogP contribution >= 0.6 is 31.9 Å². The average Bonchev–Trinajstić information content (AvgIpc) is 1.66. The molecule has 48 valence electrons. The molecule has 3 heteroatoms. The largest absolute Gasteiger partial charge is 0.109 e. The topological polar surface area (TPSA) is 0 Å². The lowest BCUT2D eigenvalue weighted by molar-refractivity contribution is 0.956. The highest BCUT2D eigenvalue weighted by Gasteiger charge is 1.91. The first kappa shape index (κ1) is 8.92. The van der Waals surface area contributed by atoms with Gasteiger partial charge in [0.2, 0.25) is 0 Å². The van der Waals surface area contributed by atoms with E-state index in [0.717, 1.165) is 0 Å². The molecule has 0 amide bonds. The van der Waals surface area contributed by atoms with Crippen LogP contribution < -0.4 is 0 Å². The van der Waals surface area contributed by atoms with Gasteiger partial charge in [-0.1, -0.05) is 37.9 Å². The van der Waals surface area contributed by atoms with E-state index in [0.29, 0.717) is 3.74 Å². The zero-order chi connectivity index (χ0) is 6.41. The first-order chi connectivity index (χ1) is 3.77. The van der Waals surface area contributed by atoms with E-state index in [9.17, 15) is 0 Å². The minimum absolute atomic E-state index is 0.493. The van der Waals surface area contributed by atoms with Crippen LogP contribution in [-0.2, 0) is 0 Å². The Morgan fingerprint density at radius 3 is 2.50 bits per heavy atom. The van der Waals surface area contributed by atoms with Crippen LogP contribution in [-0.4, -0.2) is 14.0 Å². The third-order valence-electron chi connectivity index (χ3n) is 0.787. The standard InChI is InChI=1S/C5H10Br2Si/c6-5(7)3-1-2-4-8/h2,4-5H,1,3H2,8H3. The molecule has 0 heterocycles. The van der Waals surface area contributed by atoms with Gasteiger partial charge in [0.25, 0.3) is 0 Å². The highest BCUT2D eigenvalue weighted by atomic mass is 79.9. The second-order valence-corrected chi connectivity index (χ2v) is 5.64. The lowest BCUT2D eigenvalue weighted by Gasteiger charge is -1.93. The monoisotopic (exact) mass is 256 g/mol. The quantitative estimate of drug-likeness (QED) is 0.534. The molecule has 0 unspecified atom stereocenters. The minimum Gasteiger partial charge on any atom is -0.109 e. The molecule has 0 aromatic carbocycles. The molecule has 0 aromatic heterocycles. The lowest BCUT2D eigenvalue weighted by atomic mass is 10.3. The first-order valence-corrected chi connectivity index (χ1v) is 5.65. The maximum Gasteiger partial charge on any atom is 0.0700 e. The van der Waals surface area contributed by atoms with Gasteiger partial charge in [-0.2, -0.15) is 0 Å². The second kappa shape index (κ2) is 6.04. The molecule has 0 saturated carbocycles. The van der Waals surface area contributed by atoms with Crippen molar-refractivity contribution in [2.75, 3.05) is 0 Å². The van der Waals surface area contributed by atoms with Gasteiger partial charge in [-0.3, -0.25) is 0 Å². The van der Waals surface area contributed by atoms with Gasteiger partial charge in [-0.05, 0) is 12.8 Å². The smallest absolute Gasteiger partial charge is 0.0700 e. The number of hydrogen-bond acceptors (Lipinski definition) is 0. The molecule has 0 radical (unpaired) electrons. The maximum atomic E-state index is 3.40. The summed E-state index contributed by atoms with van der Waals surface area (Å²) in [6.45, 7) is 0. The molecule has 0 atom stereocenters. The van der Waals surface area contributed by atoms with E-state index in [1.54, 1.807) is 0 Å². The molecule has 0 aromatic rings. The zero-order valence-electron chi connectivity index (χ0n) is 4.90. The average molecular weight is 258 g/mol. The molecule has 0 fully saturated rings. The number of halogens is 2. The van der Waals surface area contributed by atoms with Gasteiger partial charge in [0.1, 0.15) is 0 Å². The first-order valence-electron chi connectivity index (χ1n) is 2.66. The van der Waals surface area contributed by atoms with E-state index >= 15 is 0 Å². The zero-order valence-corrected chi connectivity index (χ0v) is 10.1. The van der Waals surface area contributed by atoms with E-state index in [4.69, 9.17) is 0 Å². The summed E-state index contributed by atoms with van der Waals surface area (Å²) in [5.41, 5.74) is 2.21. The molecule has 0 aliphatic rings. The van der Waals surface area contributed by atoms with Crippen molar-refractivity contribution in [1.82, 2.24) is 0 Å². The van der Waals surface area contributed by atoms with Crippen LogP contribution in [0.3, 0.4) is 0 Å². The Kier molecular flexibility index (Phi) is 6.74. The van der Waals surface area contributed by atoms with Crippen LogP contribution in [0.1, 0.15) is 12.8 Å². The molecular formula is C5H10Br2Si. The van der Waals surface area contributed by atoms with Gasteiger partial charge in [0.05, 0.1) is 3.74 Å². The van der Waals surface area contributed by atoms with Crippen LogP contribution in [0.4, 0.5) is 0 Å². The van der Waals surface area contributed by atoms with Crippen LogP contribution in [0, 0.1) is 0 Å². The summed E-state index contributed by atoms with van der Waals surface area (Å²) in [4.78, 5) is 0. The van der Waals surface area contributed by atoms with Crippen LogP contribution in [0.15, 0.2) is 11.8 Å². The fraction of sp³-hybridized carbons (Fsp3) is 0.600. The molecular weight excluding hydrogens is 248 g/mol. The molecule has 0 aliphatic heterocycles. The number of hydrogen-bond donors (Lipinski definition) is 0. The SMILES string of the molecule is [SiH3]C=CCCC(Br)Br. The van der Waals surface area contributed by atoms with Crippen molar-refractivity contribution in [1.29, 1.82) is 0 Å². The Bertz CT molecular complexity index is 70.8. The third-order valence-corrected chi connectivity index (χ3v) is 2.17. The van der Waals surface area contributed by atoms with Gasteiger partial charge < -0.3 is 0 Å². The summed E-state index contributed by atoms with van der Waals surface area (Å²) in [6, 6.07) is 0. The molecule has 0 N–H and O–H groups in total. The van der Waals surface area contributed by atoms with Crippen molar-refractivity contribution in [3.8, 4) is 0 Å². The molecule has 0 nitrogen and oxygen atoms in total. The maximum absolute atomic E-state index is 3.40. The van der Waals surface area contributed by atoms with E-state index < -0.39 is 0 Å². The molecule has 0 bridgehead atoms. The Morgan fingerprint density at radius 1 is 1.50 bits per heavy atom. The Hall–Kier alpha value is 0.917. The summed E-state index contributed by atoms with van der Waals surface area (Å²) >= 11 is 6.80. The van der Waals surface area contributed by atoms with E-state index in [2.05, 4.69) is 43.6 Å². The Morgan fingerprint density at radius 2 is 2.12 bits per heavy atom. The number of allylic oxidation sites excluding steroid dienone is 1. The third kappa shape index (κ3) is 6.92. The van der Waals surface area contributed by atoms with Crippen molar-refractivity contribution < 1.29 is 0 Å². The van der Waals surface area contributed by atoms with Crippen molar-refractivity contribution in [3.63, 3.8) is 0 Å². The predicted octanol–water partition coefficient (Wildman–Crippen LogP) is 1.76. The predicted molar refractivity (Wildman–Crippen MR) is 50.0 cm³/mol. The van der Waals surface area contributed by atoms with Gasteiger partial charge in [0, 0.05) is 10.2 Å². The second-order valence-electron chi connectivity index (χ2n) is 1.54. The van der Waals surface area contributed by atoms with E-state index in [1.165, 1.54) is 23.1 Å². The lowest BCUT2D eigenvalue weighted by Crippen LogP contribution is -1.80.